The number of rotatable bonds is 6. The maximum Gasteiger partial charge on any atom is 0.304 e. The fourth-order valence-electron chi connectivity index (χ4n) is 1.75. The van der Waals surface area contributed by atoms with Crippen molar-refractivity contribution in [3.05, 3.63) is 42.0 Å². The summed E-state index contributed by atoms with van der Waals surface area (Å²) in [6.07, 6.45) is 1.61. The van der Waals surface area contributed by atoms with Crippen molar-refractivity contribution in [3.63, 3.8) is 0 Å². The van der Waals surface area contributed by atoms with Crippen molar-refractivity contribution in [2.45, 2.75) is 13.0 Å². The molecule has 0 saturated carbocycles. The molecule has 0 aliphatic heterocycles. The van der Waals surface area contributed by atoms with E-state index >= 15 is 0 Å². The largest absolute Gasteiger partial charge is 0.481 e. The van der Waals surface area contributed by atoms with Crippen LogP contribution < -0.4 is 0 Å². The second-order valence-electron chi connectivity index (χ2n) is 4.53. The first-order chi connectivity index (χ1) is 9.54. The zero-order chi connectivity index (χ0) is 14.5. The summed E-state index contributed by atoms with van der Waals surface area (Å²) in [5.41, 5.74) is 1.41. The van der Waals surface area contributed by atoms with E-state index < -0.39 is 5.97 Å². The number of halogens is 2. The SMILES string of the molecule is CN(CCC(=O)O)Cc1coc(-c2ccc(F)cc2)n1.Cl. The molecule has 1 N–H and O–H groups in total. The number of nitrogens with zero attached hydrogens (tertiary/aromatic N) is 2. The van der Waals surface area contributed by atoms with Gasteiger partial charge in [-0.2, -0.15) is 0 Å². The Bertz CT molecular complexity index is 586. The summed E-state index contributed by atoms with van der Waals surface area (Å²) in [5, 5.41) is 8.61. The van der Waals surface area contributed by atoms with Gasteiger partial charge in [0, 0.05) is 18.7 Å². The van der Waals surface area contributed by atoms with Crippen molar-refractivity contribution >= 4 is 18.4 Å². The summed E-state index contributed by atoms with van der Waals surface area (Å²) in [5.74, 6) is -0.718. The van der Waals surface area contributed by atoms with E-state index in [-0.39, 0.29) is 24.6 Å². The van der Waals surface area contributed by atoms with Crippen molar-refractivity contribution in [2.24, 2.45) is 0 Å². The van der Waals surface area contributed by atoms with Gasteiger partial charge in [0.05, 0.1) is 12.1 Å². The average Bonchev–Trinajstić information content (AvgIpc) is 2.85. The van der Waals surface area contributed by atoms with Crippen molar-refractivity contribution in [3.8, 4) is 11.5 Å². The normalized spacial score (nSPS) is 10.4. The van der Waals surface area contributed by atoms with Gasteiger partial charge < -0.3 is 9.52 Å². The molecule has 7 heteroatoms. The van der Waals surface area contributed by atoms with Gasteiger partial charge in [0.2, 0.25) is 5.89 Å². The fraction of sp³-hybridized carbons (Fsp3) is 0.286. The van der Waals surface area contributed by atoms with E-state index in [4.69, 9.17) is 9.52 Å². The van der Waals surface area contributed by atoms with Crippen LogP contribution >= 0.6 is 12.4 Å². The Morgan fingerprint density at radius 2 is 2.05 bits per heavy atom. The third kappa shape index (κ3) is 5.17. The molecule has 0 saturated heterocycles. The lowest BCUT2D eigenvalue weighted by atomic mass is 10.2. The summed E-state index contributed by atoms with van der Waals surface area (Å²) >= 11 is 0. The first-order valence-corrected chi connectivity index (χ1v) is 6.15. The monoisotopic (exact) mass is 314 g/mol. The topological polar surface area (TPSA) is 66.6 Å². The van der Waals surface area contributed by atoms with Gasteiger partial charge in [-0.05, 0) is 31.3 Å². The summed E-state index contributed by atoms with van der Waals surface area (Å²) in [7, 11) is 1.81. The predicted octanol–water partition coefficient (Wildman–Crippen LogP) is 2.81. The summed E-state index contributed by atoms with van der Waals surface area (Å²) in [6.45, 7) is 0.937. The summed E-state index contributed by atoms with van der Waals surface area (Å²) in [4.78, 5) is 16.6. The highest BCUT2D eigenvalue weighted by Crippen LogP contribution is 2.19. The molecule has 0 unspecified atom stereocenters. The Labute approximate surface area is 127 Å². The van der Waals surface area contributed by atoms with Crippen LogP contribution in [0.1, 0.15) is 12.1 Å². The van der Waals surface area contributed by atoms with E-state index in [2.05, 4.69) is 4.98 Å². The predicted molar refractivity (Wildman–Crippen MR) is 77.7 cm³/mol. The maximum atomic E-state index is 12.8. The van der Waals surface area contributed by atoms with Gasteiger partial charge in [0.25, 0.3) is 0 Å². The van der Waals surface area contributed by atoms with E-state index in [1.165, 1.54) is 18.4 Å². The van der Waals surface area contributed by atoms with Gasteiger partial charge in [-0.25, -0.2) is 9.37 Å². The second-order valence-corrected chi connectivity index (χ2v) is 4.53. The molecule has 0 atom stereocenters. The highest BCUT2D eigenvalue weighted by atomic mass is 35.5. The Hall–Kier alpha value is -1.92. The average molecular weight is 315 g/mol. The number of carboxylic acids is 1. The highest BCUT2D eigenvalue weighted by molar-refractivity contribution is 5.85. The van der Waals surface area contributed by atoms with E-state index in [1.807, 2.05) is 11.9 Å². The maximum absolute atomic E-state index is 12.8. The van der Waals surface area contributed by atoms with E-state index in [0.717, 1.165) is 0 Å². The number of carboxylic acid groups (broad SMARTS) is 1. The van der Waals surface area contributed by atoms with Crippen LogP contribution in [0.4, 0.5) is 4.39 Å². The third-order valence-electron chi connectivity index (χ3n) is 2.78. The van der Waals surface area contributed by atoms with E-state index in [0.29, 0.717) is 30.2 Å². The Balaban J connectivity index is 0.00000220. The van der Waals surface area contributed by atoms with Crippen LogP contribution in [0.2, 0.25) is 0 Å². The Kier molecular flexibility index (Phi) is 6.33. The smallest absolute Gasteiger partial charge is 0.304 e. The molecule has 0 spiro atoms. The molecule has 114 valence electrons. The van der Waals surface area contributed by atoms with Gasteiger partial charge >= 0.3 is 5.97 Å². The fourth-order valence-corrected chi connectivity index (χ4v) is 1.75. The number of benzene rings is 1. The molecule has 2 aromatic rings. The van der Waals surface area contributed by atoms with E-state index in [1.54, 1.807) is 12.1 Å². The lowest BCUT2D eigenvalue weighted by Gasteiger charge is -2.12. The molecule has 21 heavy (non-hydrogen) atoms. The van der Waals surface area contributed by atoms with Crippen molar-refractivity contribution in [2.75, 3.05) is 13.6 Å². The summed E-state index contributed by atoms with van der Waals surface area (Å²) in [6, 6.07) is 5.88. The zero-order valence-electron chi connectivity index (χ0n) is 11.5. The molecular formula is C14H16ClFN2O3. The van der Waals surface area contributed by atoms with Crippen LogP contribution in [0.5, 0.6) is 0 Å². The number of carbonyl (C=O) groups is 1. The molecule has 0 fully saturated rings. The minimum Gasteiger partial charge on any atom is -0.481 e. The van der Waals surface area contributed by atoms with Crippen molar-refractivity contribution < 1.29 is 18.7 Å². The first-order valence-electron chi connectivity index (χ1n) is 6.15. The van der Waals surface area contributed by atoms with Gasteiger partial charge in [-0.3, -0.25) is 9.69 Å². The lowest BCUT2D eigenvalue weighted by molar-refractivity contribution is -0.137. The molecule has 1 aromatic carbocycles. The van der Waals surface area contributed by atoms with Gasteiger partial charge in [-0.1, -0.05) is 0 Å². The van der Waals surface area contributed by atoms with Crippen molar-refractivity contribution in [1.82, 2.24) is 9.88 Å². The molecule has 0 bridgehead atoms. The first kappa shape index (κ1) is 17.1. The molecule has 2 rings (SSSR count). The Morgan fingerprint density at radius 3 is 2.67 bits per heavy atom. The number of aromatic nitrogens is 1. The zero-order valence-corrected chi connectivity index (χ0v) is 12.3. The molecular weight excluding hydrogens is 299 g/mol. The molecule has 0 amide bonds. The molecule has 1 heterocycles. The quantitative estimate of drug-likeness (QED) is 0.888. The Morgan fingerprint density at radius 1 is 1.38 bits per heavy atom. The van der Waals surface area contributed by atoms with Crippen LogP contribution in [0, 0.1) is 5.82 Å². The van der Waals surface area contributed by atoms with E-state index in [9.17, 15) is 9.18 Å². The van der Waals surface area contributed by atoms with Crippen molar-refractivity contribution in [1.29, 1.82) is 0 Å². The molecule has 0 aliphatic carbocycles. The number of hydrogen-bond acceptors (Lipinski definition) is 4. The molecule has 0 radical (unpaired) electrons. The number of hydrogen-bond donors (Lipinski definition) is 1. The highest BCUT2D eigenvalue weighted by Gasteiger charge is 2.09. The van der Waals surface area contributed by atoms with Gasteiger partial charge in [0.15, 0.2) is 0 Å². The third-order valence-corrected chi connectivity index (χ3v) is 2.78. The second kappa shape index (κ2) is 7.75. The number of aliphatic carboxylic acids is 1. The van der Waals surface area contributed by atoms with Gasteiger partial charge in [-0.15, -0.1) is 12.4 Å². The van der Waals surface area contributed by atoms with Crippen LogP contribution in [0.15, 0.2) is 34.9 Å². The van der Waals surface area contributed by atoms with Crippen LogP contribution in [0.25, 0.3) is 11.5 Å². The molecule has 5 nitrogen and oxygen atoms in total. The van der Waals surface area contributed by atoms with Crippen LogP contribution in [0.3, 0.4) is 0 Å². The van der Waals surface area contributed by atoms with Crippen LogP contribution in [-0.2, 0) is 11.3 Å². The minimum atomic E-state index is -0.830. The van der Waals surface area contributed by atoms with Crippen LogP contribution in [-0.4, -0.2) is 34.6 Å². The van der Waals surface area contributed by atoms with Gasteiger partial charge in [0.1, 0.15) is 12.1 Å². The molecule has 0 aliphatic rings. The summed E-state index contributed by atoms with van der Waals surface area (Å²) < 4.78 is 18.2. The number of oxazole rings is 1. The lowest BCUT2D eigenvalue weighted by Crippen LogP contribution is -2.21. The minimum absolute atomic E-state index is 0. The standard InChI is InChI=1S/C14H15FN2O3.ClH/c1-17(7-6-13(18)19)8-12-9-20-14(16-12)10-2-4-11(15)5-3-10;/h2-5,9H,6-8H2,1H3,(H,18,19);1H. The molecule has 1 aromatic heterocycles.